The van der Waals surface area contributed by atoms with Gasteiger partial charge in [-0.1, -0.05) is 30.3 Å². The van der Waals surface area contributed by atoms with Crippen molar-refractivity contribution in [2.24, 2.45) is 0 Å². The fraction of sp³-hybridized carbons (Fsp3) is 0.208. The lowest BCUT2D eigenvalue weighted by molar-refractivity contribution is -0.915. The SMILES string of the molecule is COc1ccc(C[NH+](C)[C@H](C(=O)Nc2ccc(F)cc2)c2ccccc2)cc1OC. The van der Waals surface area contributed by atoms with Gasteiger partial charge in [0.05, 0.1) is 21.3 Å². The lowest BCUT2D eigenvalue weighted by Gasteiger charge is -2.25. The van der Waals surface area contributed by atoms with Gasteiger partial charge in [0.25, 0.3) is 5.91 Å². The molecule has 0 fully saturated rings. The highest BCUT2D eigenvalue weighted by Gasteiger charge is 2.29. The van der Waals surface area contributed by atoms with E-state index < -0.39 is 6.04 Å². The average Bonchev–Trinajstić information content (AvgIpc) is 2.76. The zero-order valence-corrected chi connectivity index (χ0v) is 17.3. The second kappa shape index (κ2) is 9.89. The van der Waals surface area contributed by atoms with Crippen LogP contribution in [-0.4, -0.2) is 27.2 Å². The first-order chi connectivity index (χ1) is 14.5. The number of anilines is 1. The molecule has 0 saturated carbocycles. The summed E-state index contributed by atoms with van der Waals surface area (Å²) in [5.41, 5.74) is 2.47. The van der Waals surface area contributed by atoms with Crippen LogP contribution < -0.4 is 19.7 Å². The van der Waals surface area contributed by atoms with Crippen molar-refractivity contribution in [3.8, 4) is 11.5 Å². The third-order valence-electron chi connectivity index (χ3n) is 4.93. The van der Waals surface area contributed by atoms with Crippen molar-refractivity contribution in [1.29, 1.82) is 0 Å². The van der Waals surface area contributed by atoms with Crippen molar-refractivity contribution >= 4 is 11.6 Å². The highest BCUT2D eigenvalue weighted by atomic mass is 19.1. The molecule has 0 spiro atoms. The molecule has 3 aromatic carbocycles. The summed E-state index contributed by atoms with van der Waals surface area (Å²) >= 11 is 0. The second-order valence-corrected chi connectivity index (χ2v) is 7.05. The zero-order valence-electron chi connectivity index (χ0n) is 17.3. The molecule has 0 aromatic heterocycles. The molecule has 1 amide bonds. The number of nitrogens with one attached hydrogen (secondary N) is 2. The molecule has 3 rings (SSSR count). The molecule has 1 unspecified atom stereocenters. The van der Waals surface area contributed by atoms with Crippen LogP contribution >= 0.6 is 0 Å². The Bertz CT molecular complexity index is 978. The minimum atomic E-state index is -0.454. The van der Waals surface area contributed by atoms with Crippen LogP contribution in [-0.2, 0) is 11.3 Å². The van der Waals surface area contributed by atoms with Crippen LogP contribution in [0, 0.1) is 5.82 Å². The Morgan fingerprint density at radius 1 is 0.967 bits per heavy atom. The standard InChI is InChI=1S/C24H25FN2O3/c1-27(16-17-9-14-21(29-2)22(15-17)30-3)23(18-7-5-4-6-8-18)24(28)26-20-12-10-19(25)11-13-20/h4-15,23H,16H2,1-3H3,(H,26,28)/p+1/t23-/m0/s1. The number of benzene rings is 3. The first-order valence-electron chi connectivity index (χ1n) is 9.66. The van der Waals surface area contributed by atoms with Gasteiger partial charge in [-0.15, -0.1) is 0 Å². The zero-order chi connectivity index (χ0) is 21.5. The molecular weight excluding hydrogens is 383 g/mol. The predicted molar refractivity (Wildman–Crippen MR) is 114 cm³/mol. The molecule has 0 heterocycles. The molecule has 0 aliphatic rings. The normalized spacial score (nSPS) is 12.7. The topological polar surface area (TPSA) is 52.0 Å². The minimum Gasteiger partial charge on any atom is -0.493 e. The van der Waals surface area contributed by atoms with Gasteiger partial charge >= 0.3 is 0 Å². The summed E-state index contributed by atoms with van der Waals surface area (Å²) < 4.78 is 23.9. The van der Waals surface area contributed by atoms with Crippen molar-refractivity contribution in [3.05, 3.63) is 89.7 Å². The predicted octanol–water partition coefficient (Wildman–Crippen LogP) is 3.24. The molecular formula is C24H26FN2O3+. The summed E-state index contributed by atoms with van der Waals surface area (Å²) in [5, 5.41) is 2.90. The van der Waals surface area contributed by atoms with Gasteiger partial charge in [-0.3, -0.25) is 4.79 Å². The lowest BCUT2D eigenvalue weighted by atomic mass is 10.0. The maximum Gasteiger partial charge on any atom is 0.287 e. The molecule has 156 valence electrons. The summed E-state index contributed by atoms with van der Waals surface area (Å²) in [4.78, 5) is 14.2. The third kappa shape index (κ3) is 5.15. The van der Waals surface area contributed by atoms with Crippen molar-refractivity contribution < 1.29 is 23.6 Å². The van der Waals surface area contributed by atoms with E-state index in [-0.39, 0.29) is 11.7 Å². The van der Waals surface area contributed by atoms with Crippen LogP contribution in [0.5, 0.6) is 11.5 Å². The van der Waals surface area contributed by atoms with E-state index in [1.165, 1.54) is 12.1 Å². The Morgan fingerprint density at radius 2 is 1.63 bits per heavy atom. The fourth-order valence-electron chi connectivity index (χ4n) is 3.47. The van der Waals surface area contributed by atoms with Gasteiger partial charge in [-0.05, 0) is 42.5 Å². The first kappa shape index (κ1) is 21.3. The molecule has 0 saturated heterocycles. The van der Waals surface area contributed by atoms with Crippen LogP contribution in [0.3, 0.4) is 0 Å². The number of hydrogen-bond donors (Lipinski definition) is 2. The van der Waals surface area contributed by atoms with E-state index in [2.05, 4.69) is 5.32 Å². The van der Waals surface area contributed by atoms with E-state index in [9.17, 15) is 9.18 Å². The molecule has 30 heavy (non-hydrogen) atoms. The van der Waals surface area contributed by atoms with Crippen LogP contribution in [0.1, 0.15) is 17.2 Å². The Morgan fingerprint density at radius 3 is 2.27 bits per heavy atom. The van der Waals surface area contributed by atoms with Gasteiger partial charge in [-0.25, -0.2) is 4.39 Å². The van der Waals surface area contributed by atoms with Crippen molar-refractivity contribution in [3.63, 3.8) is 0 Å². The quantitative estimate of drug-likeness (QED) is 0.601. The lowest BCUT2D eigenvalue weighted by Crippen LogP contribution is -3.09. The molecule has 0 bridgehead atoms. The number of carbonyl (C=O) groups excluding carboxylic acids is 1. The van der Waals surface area contributed by atoms with E-state index in [0.717, 1.165) is 16.0 Å². The molecule has 0 aliphatic heterocycles. The summed E-state index contributed by atoms with van der Waals surface area (Å²) in [5.74, 6) is 0.803. The molecule has 2 atom stereocenters. The summed E-state index contributed by atoms with van der Waals surface area (Å²) in [7, 11) is 5.17. The van der Waals surface area contributed by atoms with Crippen molar-refractivity contribution in [2.75, 3.05) is 26.6 Å². The van der Waals surface area contributed by atoms with E-state index in [1.807, 2.05) is 55.6 Å². The van der Waals surface area contributed by atoms with Gasteiger partial charge in [0.2, 0.25) is 0 Å². The van der Waals surface area contributed by atoms with Crippen LogP contribution in [0.25, 0.3) is 0 Å². The first-order valence-corrected chi connectivity index (χ1v) is 9.66. The number of carbonyl (C=O) groups is 1. The van der Waals surface area contributed by atoms with E-state index in [4.69, 9.17) is 9.47 Å². The van der Waals surface area contributed by atoms with E-state index >= 15 is 0 Å². The van der Waals surface area contributed by atoms with Crippen LogP contribution in [0.15, 0.2) is 72.8 Å². The van der Waals surface area contributed by atoms with Gasteiger partial charge in [-0.2, -0.15) is 0 Å². The largest absolute Gasteiger partial charge is 0.493 e. The monoisotopic (exact) mass is 409 g/mol. The smallest absolute Gasteiger partial charge is 0.287 e. The number of amides is 1. The molecule has 3 aromatic rings. The number of halogens is 1. The van der Waals surface area contributed by atoms with Gasteiger partial charge < -0.3 is 19.7 Å². The average molecular weight is 409 g/mol. The Kier molecular flexibility index (Phi) is 7.03. The molecule has 0 radical (unpaired) electrons. The van der Waals surface area contributed by atoms with Gasteiger partial charge in [0, 0.05) is 16.8 Å². The molecule has 2 N–H and O–H groups in total. The van der Waals surface area contributed by atoms with Gasteiger partial charge in [0.1, 0.15) is 12.4 Å². The number of rotatable bonds is 8. The maximum absolute atomic E-state index is 13.2. The van der Waals surface area contributed by atoms with Crippen LogP contribution in [0.2, 0.25) is 0 Å². The second-order valence-electron chi connectivity index (χ2n) is 7.05. The Hall–Kier alpha value is -3.38. The van der Waals surface area contributed by atoms with Crippen molar-refractivity contribution in [2.45, 2.75) is 12.6 Å². The van der Waals surface area contributed by atoms with E-state index in [1.54, 1.807) is 26.4 Å². The van der Waals surface area contributed by atoms with E-state index in [0.29, 0.717) is 23.7 Å². The number of likely N-dealkylation sites (N-methyl/N-ethyl adjacent to an activating group) is 1. The Labute approximate surface area is 176 Å². The van der Waals surface area contributed by atoms with Crippen molar-refractivity contribution in [1.82, 2.24) is 0 Å². The van der Waals surface area contributed by atoms with Crippen LogP contribution in [0.4, 0.5) is 10.1 Å². The summed E-state index contributed by atoms with van der Waals surface area (Å²) in [6.07, 6.45) is 0. The summed E-state index contributed by atoms with van der Waals surface area (Å²) in [6.45, 7) is 0.594. The number of ether oxygens (including phenoxy) is 2. The molecule has 6 heteroatoms. The number of quaternary nitrogens is 1. The Balaban J connectivity index is 1.84. The minimum absolute atomic E-state index is 0.161. The van der Waals surface area contributed by atoms with Gasteiger partial charge in [0.15, 0.2) is 17.5 Å². The maximum atomic E-state index is 13.2. The number of hydrogen-bond acceptors (Lipinski definition) is 3. The fourth-order valence-corrected chi connectivity index (χ4v) is 3.47. The molecule has 5 nitrogen and oxygen atoms in total. The summed E-state index contributed by atoms with van der Waals surface area (Å²) in [6, 6.07) is 20.7. The number of methoxy groups -OCH3 is 2. The third-order valence-corrected chi connectivity index (χ3v) is 4.93. The highest BCUT2D eigenvalue weighted by Crippen LogP contribution is 2.27. The molecule has 0 aliphatic carbocycles. The highest BCUT2D eigenvalue weighted by molar-refractivity contribution is 5.94.